The third-order valence-corrected chi connectivity index (χ3v) is 6.75. The monoisotopic (exact) mass is 565 g/mol. The van der Waals surface area contributed by atoms with E-state index in [1.54, 1.807) is 35.0 Å². The van der Waals surface area contributed by atoms with Gasteiger partial charge in [0.25, 0.3) is 0 Å². The largest absolute Gasteiger partial charge is 0.324 e. The fourth-order valence-electron chi connectivity index (χ4n) is 4.10. The number of hydrogen-bond acceptors (Lipinski definition) is 9. The third-order valence-electron chi connectivity index (χ3n) is 6.38. The molecule has 5 rings (SSSR count). The summed E-state index contributed by atoms with van der Waals surface area (Å²) in [4.78, 5) is 27.9. The highest BCUT2D eigenvalue weighted by molar-refractivity contribution is 6.31. The van der Waals surface area contributed by atoms with Gasteiger partial charge in [0, 0.05) is 59.9 Å². The number of anilines is 5. The van der Waals surface area contributed by atoms with Crippen molar-refractivity contribution in [2.45, 2.75) is 13.6 Å². The quantitative estimate of drug-likeness (QED) is 0.245. The van der Waals surface area contributed by atoms with Crippen LogP contribution in [0.5, 0.6) is 0 Å². The average Bonchev–Trinajstić information content (AvgIpc) is 3.41. The van der Waals surface area contributed by atoms with Crippen LogP contribution in [0.1, 0.15) is 11.1 Å². The molecule has 1 aliphatic heterocycles. The van der Waals surface area contributed by atoms with Gasteiger partial charge in [-0.15, -0.1) is 0 Å². The molecule has 2 aromatic heterocycles. The molecule has 0 aliphatic carbocycles. The van der Waals surface area contributed by atoms with Gasteiger partial charge in [0.15, 0.2) is 5.82 Å². The predicted octanol–water partition coefficient (Wildman–Crippen LogP) is 4.45. The first-order valence-electron chi connectivity index (χ1n) is 12.6. The Kier molecular flexibility index (Phi) is 8.34. The Morgan fingerprint density at radius 3 is 2.50 bits per heavy atom. The SMILES string of the molecule is Cc1ccc(NC(=O)Nc2ccc(Cl)c(CF)c2)cc1Nc1ncnn1-c1cc(NN2CCN(C)CC2)ncn1. The first-order chi connectivity index (χ1) is 19.4. The van der Waals surface area contributed by atoms with E-state index >= 15 is 0 Å². The molecule has 3 heterocycles. The van der Waals surface area contributed by atoms with E-state index in [9.17, 15) is 9.18 Å². The Morgan fingerprint density at radius 2 is 1.73 bits per heavy atom. The van der Waals surface area contributed by atoms with E-state index < -0.39 is 12.7 Å². The van der Waals surface area contributed by atoms with E-state index in [-0.39, 0.29) is 0 Å². The van der Waals surface area contributed by atoms with Gasteiger partial charge < -0.3 is 26.3 Å². The van der Waals surface area contributed by atoms with Crippen LogP contribution in [-0.2, 0) is 6.67 Å². The number of nitrogens with one attached hydrogen (secondary N) is 4. The standard InChI is InChI=1S/C26H29ClFN11O/c1-17-3-4-20(34-26(40)33-19-5-6-21(27)18(11-19)14-28)12-22(17)35-25-31-16-32-39(25)24-13-23(29-15-30-24)36-38-9-7-37(2)8-10-38/h3-6,11-13,15-16H,7-10,14H2,1-2H3,(H,29,30,36)(H,31,32,35)(H2,33,34,40). The number of amides is 2. The zero-order chi connectivity index (χ0) is 28.1. The lowest BCUT2D eigenvalue weighted by Crippen LogP contribution is -2.47. The van der Waals surface area contributed by atoms with Crippen molar-refractivity contribution in [1.82, 2.24) is 34.6 Å². The van der Waals surface area contributed by atoms with Crippen molar-refractivity contribution in [3.05, 3.63) is 71.3 Å². The molecule has 12 nitrogen and oxygen atoms in total. The van der Waals surface area contributed by atoms with Crippen molar-refractivity contribution in [1.29, 1.82) is 0 Å². The van der Waals surface area contributed by atoms with Gasteiger partial charge in [0.2, 0.25) is 5.95 Å². The molecular formula is C26H29ClFN11O. The average molecular weight is 566 g/mol. The number of benzene rings is 2. The van der Waals surface area contributed by atoms with Crippen LogP contribution in [0.25, 0.3) is 5.82 Å². The molecule has 4 aromatic rings. The number of hydrogen-bond donors (Lipinski definition) is 4. The number of piperazine rings is 1. The molecule has 1 saturated heterocycles. The summed E-state index contributed by atoms with van der Waals surface area (Å²) >= 11 is 5.96. The summed E-state index contributed by atoms with van der Waals surface area (Å²) in [5.74, 6) is 1.63. The molecule has 0 unspecified atom stereocenters. The number of alkyl halides is 1. The van der Waals surface area contributed by atoms with Gasteiger partial charge in [0.05, 0.1) is 0 Å². The molecule has 208 valence electrons. The summed E-state index contributed by atoms with van der Waals surface area (Å²) in [7, 11) is 2.10. The molecule has 0 atom stereocenters. The molecule has 0 bridgehead atoms. The highest BCUT2D eigenvalue weighted by Crippen LogP contribution is 2.25. The highest BCUT2D eigenvalue weighted by Gasteiger charge is 2.16. The fourth-order valence-corrected chi connectivity index (χ4v) is 4.27. The van der Waals surface area contributed by atoms with Crippen LogP contribution in [-0.4, -0.2) is 73.9 Å². The van der Waals surface area contributed by atoms with E-state index in [0.29, 0.717) is 45.2 Å². The molecule has 2 amide bonds. The minimum Gasteiger partial charge on any atom is -0.324 e. The fraction of sp³-hybridized carbons (Fsp3) is 0.269. The van der Waals surface area contributed by atoms with Crippen molar-refractivity contribution < 1.29 is 9.18 Å². The maximum Gasteiger partial charge on any atom is 0.323 e. The molecule has 0 saturated carbocycles. The number of urea groups is 1. The van der Waals surface area contributed by atoms with Crippen molar-refractivity contribution in [3.8, 4) is 5.82 Å². The van der Waals surface area contributed by atoms with Crippen molar-refractivity contribution >= 4 is 46.5 Å². The number of rotatable bonds is 8. The first-order valence-corrected chi connectivity index (χ1v) is 13.0. The Morgan fingerprint density at radius 1 is 0.975 bits per heavy atom. The maximum atomic E-state index is 13.1. The first kappa shape index (κ1) is 27.2. The Hall–Kier alpha value is -4.33. The summed E-state index contributed by atoms with van der Waals surface area (Å²) in [5, 5.41) is 15.5. The lowest BCUT2D eigenvalue weighted by Gasteiger charge is -2.32. The summed E-state index contributed by atoms with van der Waals surface area (Å²) in [6.07, 6.45) is 2.91. The van der Waals surface area contributed by atoms with Gasteiger partial charge in [-0.25, -0.2) is 24.2 Å². The van der Waals surface area contributed by atoms with E-state index in [0.717, 1.165) is 31.7 Å². The lowest BCUT2D eigenvalue weighted by atomic mass is 10.2. The number of nitrogens with zero attached hydrogens (tertiary/aromatic N) is 7. The van der Waals surface area contributed by atoms with E-state index in [1.165, 1.54) is 18.7 Å². The molecular weight excluding hydrogens is 537 g/mol. The molecule has 0 spiro atoms. The van der Waals surface area contributed by atoms with Crippen LogP contribution in [0.15, 0.2) is 55.1 Å². The number of halogens is 2. The second kappa shape index (κ2) is 12.2. The Labute approximate surface area is 235 Å². The Balaban J connectivity index is 1.27. The summed E-state index contributed by atoms with van der Waals surface area (Å²) in [6, 6.07) is 11.4. The number of carbonyl (C=O) groups is 1. The van der Waals surface area contributed by atoms with Gasteiger partial charge in [0.1, 0.15) is 25.1 Å². The normalized spacial score (nSPS) is 14.1. The molecule has 0 radical (unpaired) electrons. The molecule has 2 aromatic carbocycles. The molecule has 1 fully saturated rings. The third kappa shape index (κ3) is 6.62. The molecule has 40 heavy (non-hydrogen) atoms. The summed E-state index contributed by atoms with van der Waals surface area (Å²) < 4.78 is 14.7. The van der Waals surface area contributed by atoms with E-state index in [2.05, 4.69) is 58.4 Å². The summed E-state index contributed by atoms with van der Waals surface area (Å²) in [6.45, 7) is 4.91. The van der Waals surface area contributed by atoms with E-state index in [4.69, 9.17) is 11.6 Å². The van der Waals surface area contributed by atoms with Gasteiger partial charge >= 0.3 is 6.03 Å². The molecule has 4 N–H and O–H groups in total. The number of aromatic nitrogens is 5. The number of hydrazine groups is 1. The van der Waals surface area contributed by atoms with Crippen molar-refractivity contribution in [2.24, 2.45) is 0 Å². The topological polar surface area (TPSA) is 128 Å². The molecule has 14 heteroatoms. The zero-order valence-electron chi connectivity index (χ0n) is 22.0. The Bertz CT molecular complexity index is 1490. The van der Waals surface area contributed by atoms with Gasteiger partial charge in [-0.3, -0.25) is 0 Å². The zero-order valence-corrected chi connectivity index (χ0v) is 22.8. The maximum absolute atomic E-state index is 13.1. The highest BCUT2D eigenvalue weighted by atomic mass is 35.5. The van der Waals surface area contributed by atoms with E-state index in [1.807, 2.05) is 13.0 Å². The number of carbonyl (C=O) groups excluding carboxylic acids is 1. The minimum atomic E-state index is -0.726. The lowest BCUT2D eigenvalue weighted by molar-refractivity contribution is 0.178. The second-order valence-corrected chi connectivity index (χ2v) is 9.74. The van der Waals surface area contributed by atoms with Crippen molar-refractivity contribution in [3.63, 3.8) is 0 Å². The van der Waals surface area contributed by atoms with Gasteiger partial charge in [-0.2, -0.15) is 14.8 Å². The molecule has 1 aliphatic rings. The van der Waals surface area contributed by atoms with Gasteiger partial charge in [-0.05, 0) is 49.9 Å². The van der Waals surface area contributed by atoms with Crippen LogP contribution < -0.4 is 21.4 Å². The van der Waals surface area contributed by atoms with Crippen LogP contribution in [0.4, 0.5) is 38.0 Å². The minimum absolute atomic E-state index is 0.302. The van der Waals surface area contributed by atoms with Crippen LogP contribution in [0, 0.1) is 6.92 Å². The van der Waals surface area contributed by atoms with Crippen LogP contribution in [0.2, 0.25) is 5.02 Å². The van der Waals surface area contributed by atoms with Crippen LogP contribution in [0.3, 0.4) is 0 Å². The number of aryl methyl sites for hydroxylation is 1. The smallest absolute Gasteiger partial charge is 0.323 e. The second-order valence-electron chi connectivity index (χ2n) is 9.33. The summed E-state index contributed by atoms with van der Waals surface area (Å²) in [5.41, 5.74) is 6.24. The number of likely N-dealkylation sites (N-methyl/N-ethyl adjacent to an activating group) is 1. The predicted molar refractivity (Wildman–Crippen MR) is 153 cm³/mol. The van der Waals surface area contributed by atoms with Crippen molar-refractivity contribution in [2.75, 3.05) is 54.6 Å². The van der Waals surface area contributed by atoms with Gasteiger partial charge in [-0.1, -0.05) is 17.7 Å². The van der Waals surface area contributed by atoms with Crippen LogP contribution >= 0.6 is 11.6 Å².